The van der Waals surface area contributed by atoms with Crippen molar-refractivity contribution in [2.45, 2.75) is 12.8 Å². The van der Waals surface area contributed by atoms with Gasteiger partial charge in [0.15, 0.2) is 0 Å². The van der Waals surface area contributed by atoms with E-state index in [4.69, 9.17) is 4.74 Å². The number of halogens is 1. The monoisotopic (exact) mass is 332 g/mol. The first kappa shape index (κ1) is 17.8. The Morgan fingerprint density at radius 1 is 1.21 bits per heavy atom. The zero-order chi connectivity index (χ0) is 17.2. The van der Waals surface area contributed by atoms with E-state index >= 15 is 0 Å². The van der Waals surface area contributed by atoms with Gasteiger partial charge in [-0.05, 0) is 24.5 Å². The van der Waals surface area contributed by atoms with Gasteiger partial charge in [-0.15, -0.1) is 0 Å². The van der Waals surface area contributed by atoms with Crippen molar-refractivity contribution in [3.63, 3.8) is 0 Å². The van der Waals surface area contributed by atoms with Crippen LogP contribution in [0.1, 0.15) is 22.3 Å². The van der Waals surface area contributed by atoms with E-state index in [1.807, 2.05) is 0 Å². The van der Waals surface area contributed by atoms with Crippen LogP contribution >= 0.6 is 0 Å². The molecule has 2 rings (SSSR count). The van der Waals surface area contributed by atoms with Gasteiger partial charge in [0.05, 0.1) is 5.56 Å². The smallest absolute Gasteiger partial charge is 0.254 e. The number of rotatable bonds is 9. The highest BCUT2D eigenvalue weighted by Gasteiger charge is 2.06. The van der Waals surface area contributed by atoms with E-state index in [0.717, 1.165) is 6.42 Å². The van der Waals surface area contributed by atoms with E-state index in [1.54, 1.807) is 25.3 Å². The number of nitrogens with zero attached hydrogens (tertiary/aromatic N) is 2. The highest BCUT2D eigenvalue weighted by Crippen LogP contribution is 2.07. The summed E-state index contributed by atoms with van der Waals surface area (Å²) in [5, 5.41) is 5.77. The third-order valence-corrected chi connectivity index (χ3v) is 3.36. The Morgan fingerprint density at radius 2 is 1.96 bits per heavy atom. The normalized spacial score (nSPS) is 10.4. The van der Waals surface area contributed by atoms with Gasteiger partial charge in [-0.2, -0.15) is 0 Å². The lowest BCUT2D eigenvalue weighted by atomic mass is 10.1. The van der Waals surface area contributed by atoms with Gasteiger partial charge in [0.1, 0.15) is 5.82 Å². The number of methoxy groups -OCH3 is 1. The zero-order valence-corrected chi connectivity index (χ0v) is 13.6. The molecule has 24 heavy (non-hydrogen) atoms. The molecule has 1 heterocycles. The Labute approximate surface area is 140 Å². The first-order valence-corrected chi connectivity index (χ1v) is 7.77. The van der Waals surface area contributed by atoms with Crippen molar-refractivity contribution in [1.82, 2.24) is 15.3 Å². The molecule has 0 aliphatic carbocycles. The van der Waals surface area contributed by atoms with Crippen molar-refractivity contribution < 1.29 is 13.9 Å². The van der Waals surface area contributed by atoms with Gasteiger partial charge >= 0.3 is 0 Å². The van der Waals surface area contributed by atoms with E-state index in [1.165, 1.54) is 18.5 Å². The standard InChI is InChI=1S/C17H21FN4O2/c1-24-10-4-8-19-16(23)14-11-21-17(22-12-14)20-9-7-13-5-2-3-6-15(13)18/h2-3,5-6,11-12H,4,7-10H2,1H3,(H,19,23)(H,20,21,22). The summed E-state index contributed by atoms with van der Waals surface area (Å²) in [6.07, 6.45) is 4.20. The van der Waals surface area contributed by atoms with Crippen molar-refractivity contribution in [3.05, 3.63) is 53.6 Å². The minimum absolute atomic E-state index is 0.219. The number of benzene rings is 1. The molecule has 2 aromatic rings. The van der Waals surface area contributed by atoms with Gasteiger partial charge in [-0.3, -0.25) is 4.79 Å². The van der Waals surface area contributed by atoms with Crippen LogP contribution in [0.4, 0.5) is 10.3 Å². The largest absolute Gasteiger partial charge is 0.385 e. The summed E-state index contributed by atoms with van der Waals surface area (Å²) in [6, 6.07) is 6.64. The zero-order valence-electron chi connectivity index (χ0n) is 13.6. The molecule has 0 fully saturated rings. The van der Waals surface area contributed by atoms with Gasteiger partial charge in [0, 0.05) is 39.2 Å². The second-order valence-electron chi connectivity index (χ2n) is 5.17. The molecule has 6 nitrogen and oxygen atoms in total. The highest BCUT2D eigenvalue weighted by atomic mass is 19.1. The Bertz CT molecular complexity index is 649. The summed E-state index contributed by atoms with van der Waals surface area (Å²) in [7, 11) is 1.62. The lowest BCUT2D eigenvalue weighted by Gasteiger charge is -2.07. The van der Waals surface area contributed by atoms with Gasteiger partial charge in [-0.25, -0.2) is 14.4 Å². The van der Waals surface area contributed by atoms with Gasteiger partial charge in [0.25, 0.3) is 5.91 Å². The number of carbonyl (C=O) groups is 1. The average molecular weight is 332 g/mol. The van der Waals surface area contributed by atoms with Crippen molar-refractivity contribution in [2.75, 3.05) is 32.1 Å². The van der Waals surface area contributed by atoms with Crippen LogP contribution in [0.15, 0.2) is 36.7 Å². The molecule has 0 atom stereocenters. The van der Waals surface area contributed by atoms with Gasteiger partial charge < -0.3 is 15.4 Å². The number of carbonyl (C=O) groups excluding carboxylic acids is 1. The number of anilines is 1. The molecule has 0 aliphatic heterocycles. The molecule has 0 bridgehead atoms. The summed E-state index contributed by atoms with van der Waals surface area (Å²) >= 11 is 0. The molecule has 1 aromatic heterocycles. The van der Waals surface area contributed by atoms with Crippen molar-refractivity contribution in [1.29, 1.82) is 0 Å². The first-order chi connectivity index (χ1) is 11.7. The lowest BCUT2D eigenvalue weighted by molar-refractivity contribution is 0.0948. The number of amides is 1. The van der Waals surface area contributed by atoms with E-state index in [2.05, 4.69) is 20.6 Å². The van der Waals surface area contributed by atoms with Crippen LogP contribution < -0.4 is 10.6 Å². The Morgan fingerprint density at radius 3 is 2.67 bits per heavy atom. The third-order valence-electron chi connectivity index (χ3n) is 3.36. The summed E-state index contributed by atoms with van der Waals surface area (Å²) < 4.78 is 18.4. The molecular weight excluding hydrogens is 311 g/mol. The highest BCUT2D eigenvalue weighted by molar-refractivity contribution is 5.93. The topological polar surface area (TPSA) is 76.1 Å². The minimum atomic E-state index is -0.222. The summed E-state index contributed by atoms with van der Waals surface area (Å²) in [5.74, 6) is -0.0352. The SMILES string of the molecule is COCCCNC(=O)c1cnc(NCCc2ccccc2F)nc1. The van der Waals surface area contributed by atoms with Crippen LogP contribution in [0.3, 0.4) is 0 Å². The second-order valence-corrected chi connectivity index (χ2v) is 5.17. The average Bonchev–Trinajstić information content (AvgIpc) is 2.61. The quantitative estimate of drug-likeness (QED) is 0.687. The van der Waals surface area contributed by atoms with Crippen molar-refractivity contribution in [2.24, 2.45) is 0 Å². The molecule has 0 radical (unpaired) electrons. The fourth-order valence-corrected chi connectivity index (χ4v) is 2.07. The number of nitrogens with one attached hydrogen (secondary N) is 2. The van der Waals surface area contributed by atoms with E-state index < -0.39 is 0 Å². The van der Waals surface area contributed by atoms with Gasteiger partial charge in [-0.1, -0.05) is 18.2 Å². The van der Waals surface area contributed by atoms with Crippen LogP contribution in [0.2, 0.25) is 0 Å². The van der Waals surface area contributed by atoms with E-state index in [-0.39, 0.29) is 11.7 Å². The molecule has 0 spiro atoms. The molecule has 1 aromatic carbocycles. The molecule has 0 saturated heterocycles. The number of ether oxygens (including phenoxy) is 1. The summed E-state index contributed by atoms with van der Waals surface area (Å²) in [5.41, 5.74) is 1.03. The first-order valence-electron chi connectivity index (χ1n) is 7.77. The molecular formula is C17H21FN4O2. The predicted molar refractivity (Wildman–Crippen MR) is 89.5 cm³/mol. The maximum absolute atomic E-state index is 13.5. The molecule has 7 heteroatoms. The Kier molecular flexibility index (Phi) is 7.10. The van der Waals surface area contributed by atoms with Crippen LogP contribution in [0.5, 0.6) is 0 Å². The molecule has 0 aliphatic rings. The predicted octanol–water partition coefficient (Wildman–Crippen LogP) is 2.04. The van der Waals surface area contributed by atoms with Crippen molar-refractivity contribution >= 4 is 11.9 Å². The van der Waals surface area contributed by atoms with Crippen LogP contribution in [0.25, 0.3) is 0 Å². The fraction of sp³-hybridized carbons (Fsp3) is 0.353. The molecule has 128 valence electrons. The second kappa shape index (κ2) is 9.57. The van der Waals surface area contributed by atoms with Crippen LogP contribution in [-0.4, -0.2) is 42.7 Å². The van der Waals surface area contributed by atoms with Crippen LogP contribution in [-0.2, 0) is 11.2 Å². The van der Waals surface area contributed by atoms with Crippen LogP contribution in [0, 0.1) is 5.82 Å². The molecule has 0 unspecified atom stereocenters. The fourth-order valence-electron chi connectivity index (χ4n) is 2.07. The number of hydrogen-bond donors (Lipinski definition) is 2. The lowest BCUT2D eigenvalue weighted by Crippen LogP contribution is -2.25. The molecule has 0 saturated carbocycles. The minimum Gasteiger partial charge on any atom is -0.385 e. The van der Waals surface area contributed by atoms with E-state index in [0.29, 0.717) is 43.2 Å². The Balaban J connectivity index is 1.77. The number of aromatic nitrogens is 2. The van der Waals surface area contributed by atoms with Crippen molar-refractivity contribution in [3.8, 4) is 0 Å². The van der Waals surface area contributed by atoms with E-state index in [9.17, 15) is 9.18 Å². The summed E-state index contributed by atoms with van der Waals surface area (Å²) in [6.45, 7) is 1.64. The molecule has 1 amide bonds. The molecule has 2 N–H and O–H groups in total. The van der Waals surface area contributed by atoms with Gasteiger partial charge in [0.2, 0.25) is 5.95 Å². The Hall–Kier alpha value is -2.54. The maximum atomic E-state index is 13.5. The number of hydrogen-bond acceptors (Lipinski definition) is 5. The maximum Gasteiger partial charge on any atom is 0.254 e. The summed E-state index contributed by atoms with van der Waals surface area (Å²) in [4.78, 5) is 20.1. The third kappa shape index (κ3) is 5.58.